The van der Waals surface area contributed by atoms with Crippen LogP contribution >= 0.6 is 11.3 Å². The van der Waals surface area contributed by atoms with E-state index in [0.717, 1.165) is 0 Å². The summed E-state index contributed by atoms with van der Waals surface area (Å²) in [7, 11) is 0. The topological polar surface area (TPSA) is 92.6 Å². The first-order valence-corrected chi connectivity index (χ1v) is 10.3. The number of amides is 1. The number of aliphatic hydroxyl groups is 1. The van der Waals surface area contributed by atoms with Crippen LogP contribution in [0.15, 0.2) is 72.8 Å². The standard InChI is InChI=1S/C23H19N3O4S/c1-3-13-30-17-11-9-15(10-12-17)19-18(20(27)16-7-5-4-6-8-16)21(28)22(29)26(19)23-25-24-14(2)31-23/h3-12,19,27H,1,13H2,2H3/t19-/m0/s1. The first-order valence-electron chi connectivity index (χ1n) is 9.51. The first kappa shape index (κ1) is 20.5. The molecular weight excluding hydrogens is 414 g/mol. The largest absolute Gasteiger partial charge is 0.507 e. The zero-order valence-electron chi connectivity index (χ0n) is 16.7. The van der Waals surface area contributed by atoms with E-state index in [0.29, 0.717) is 33.6 Å². The Bertz CT molecular complexity index is 1170. The van der Waals surface area contributed by atoms with Crippen molar-refractivity contribution >= 4 is 33.9 Å². The van der Waals surface area contributed by atoms with Crippen molar-refractivity contribution in [2.45, 2.75) is 13.0 Å². The Morgan fingerprint density at radius 2 is 1.87 bits per heavy atom. The summed E-state index contributed by atoms with van der Waals surface area (Å²) in [6, 6.07) is 14.8. The minimum absolute atomic E-state index is 0.00353. The normalized spacial score (nSPS) is 17.7. The number of aryl methyl sites for hydroxylation is 1. The van der Waals surface area contributed by atoms with Gasteiger partial charge < -0.3 is 9.84 Å². The summed E-state index contributed by atoms with van der Waals surface area (Å²) in [5.41, 5.74) is 1.09. The number of hydrogen-bond donors (Lipinski definition) is 1. The maximum Gasteiger partial charge on any atom is 0.301 e. The molecule has 1 aliphatic heterocycles. The van der Waals surface area contributed by atoms with E-state index in [2.05, 4.69) is 16.8 Å². The lowest BCUT2D eigenvalue weighted by Crippen LogP contribution is -2.29. The van der Waals surface area contributed by atoms with Crippen LogP contribution in [0.5, 0.6) is 5.75 Å². The molecule has 0 radical (unpaired) electrons. The van der Waals surface area contributed by atoms with Crippen LogP contribution in [-0.2, 0) is 9.59 Å². The van der Waals surface area contributed by atoms with E-state index in [9.17, 15) is 14.7 Å². The summed E-state index contributed by atoms with van der Waals surface area (Å²) < 4.78 is 5.53. The van der Waals surface area contributed by atoms with Crippen LogP contribution in [0, 0.1) is 6.92 Å². The molecule has 0 unspecified atom stereocenters. The van der Waals surface area contributed by atoms with Gasteiger partial charge in [0.2, 0.25) is 5.13 Å². The second kappa shape index (κ2) is 8.53. The average Bonchev–Trinajstić information content (AvgIpc) is 3.33. The Hall–Kier alpha value is -3.78. The fourth-order valence-corrected chi connectivity index (χ4v) is 4.10. The molecule has 0 saturated carbocycles. The van der Waals surface area contributed by atoms with Crippen molar-refractivity contribution in [3.63, 3.8) is 0 Å². The SMILES string of the molecule is C=CCOc1ccc([C@H]2C(=C(O)c3ccccc3)C(=O)C(=O)N2c2nnc(C)s2)cc1. The maximum absolute atomic E-state index is 13.0. The minimum atomic E-state index is -0.846. The highest BCUT2D eigenvalue weighted by Crippen LogP contribution is 2.43. The number of ketones is 1. The summed E-state index contributed by atoms with van der Waals surface area (Å²) in [5, 5.41) is 20.0. The fourth-order valence-electron chi connectivity index (χ4n) is 3.38. The van der Waals surface area contributed by atoms with Crippen molar-refractivity contribution in [3.8, 4) is 5.75 Å². The molecule has 31 heavy (non-hydrogen) atoms. The number of Topliss-reactive ketones (excluding diaryl/α,β-unsaturated/α-hetero) is 1. The minimum Gasteiger partial charge on any atom is -0.507 e. The quantitative estimate of drug-likeness (QED) is 0.273. The second-order valence-electron chi connectivity index (χ2n) is 6.81. The highest BCUT2D eigenvalue weighted by molar-refractivity contribution is 7.15. The molecule has 8 heteroatoms. The van der Waals surface area contributed by atoms with E-state index in [1.807, 2.05) is 0 Å². The van der Waals surface area contributed by atoms with E-state index in [4.69, 9.17) is 4.74 Å². The molecule has 0 bridgehead atoms. The van der Waals surface area contributed by atoms with Crippen molar-refractivity contribution in [2.24, 2.45) is 0 Å². The van der Waals surface area contributed by atoms with Crippen molar-refractivity contribution in [2.75, 3.05) is 11.5 Å². The van der Waals surface area contributed by atoms with Crippen molar-refractivity contribution in [1.82, 2.24) is 10.2 Å². The van der Waals surface area contributed by atoms with Gasteiger partial charge in [-0.25, -0.2) is 0 Å². The predicted molar refractivity (Wildman–Crippen MR) is 118 cm³/mol. The van der Waals surface area contributed by atoms with E-state index in [1.165, 1.54) is 16.2 Å². The number of aromatic nitrogens is 2. The Labute approximate surface area is 182 Å². The van der Waals surface area contributed by atoms with Gasteiger partial charge in [0, 0.05) is 5.56 Å². The van der Waals surface area contributed by atoms with Gasteiger partial charge in [-0.3, -0.25) is 14.5 Å². The Balaban J connectivity index is 1.86. The average molecular weight is 433 g/mol. The molecule has 1 aliphatic rings. The molecule has 156 valence electrons. The number of nitrogens with zero attached hydrogens (tertiary/aromatic N) is 3. The summed E-state index contributed by atoms with van der Waals surface area (Å²) in [6.45, 7) is 5.75. The zero-order chi connectivity index (χ0) is 22.0. The highest BCUT2D eigenvalue weighted by atomic mass is 32.1. The van der Waals surface area contributed by atoms with Crippen LogP contribution in [0.1, 0.15) is 22.2 Å². The summed E-state index contributed by atoms with van der Waals surface area (Å²) >= 11 is 1.20. The number of anilines is 1. The third kappa shape index (κ3) is 3.85. The number of carbonyl (C=O) groups is 2. The zero-order valence-corrected chi connectivity index (χ0v) is 17.5. The number of ether oxygens (including phenoxy) is 1. The molecule has 0 spiro atoms. The van der Waals surface area contributed by atoms with E-state index in [-0.39, 0.29) is 11.3 Å². The summed E-state index contributed by atoms with van der Waals surface area (Å²) in [6.07, 6.45) is 1.64. The maximum atomic E-state index is 13.0. The molecule has 2 aromatic carbocycles. The van der Waals surface area contributed by atoms with Crippen LogP contribution in [0.3, 0.4) is 0 Å². The van der Waals surface area contributed by atoms with Crippen LogP contribution in [0.25, 0.3) is 5.76 Å². The van der Waals surface area contributed by atoms with Crippen LogP contribution in [-0.4, -0.2) is 33.6 Å². The Morgan fingerprint density at radius 1 is 1.16 bits per heavy atom. The lowest BCUT2D eigenvalue weighted by molar-refractivity contribution is -0.132. The lowest BCUT2D eigenvalue weighted by atomic mass is 9.95. The fraction of sp³-hybridized carbons (Fsp3) is 0.130. The Morgan fingerprint density at radius 3 is 2.48 bits per heavy atom. The first-order chi connectivity index (χ1) is 15.0. The summed E-state index contributed by atoms with van der Waals surface area (Å²) in [4.78, 5) is 27.3. The van der Waals surface area contributed by atoms with Gasteiger partial charge in [-0.15, -0.1) is 10.2 Å². The van der Waals surface area contributed by atoms with Gasteiger partial charge in [-0.2, -0.15) is 0 Å². The molecule has 3 aromatic rings. The lowest BCUT2D eigenvalue weighted by Gasteiger charge is -2.22. The monoisotopic (exact) mass is 433 g/mol. The molecule has 1 amide bonds. The summed E-state index contributed by atoms with van der Waals surface area (Å²) in [5.74, 6) is -1.15. The molecule has 1 fully saturated rings. The van der Waals surface area contributed by atoms with Crippen molar-refractivity contribution in [1.29, 1.82) is 0 Å². The predicted octanol–water partition coefficient (Wildman–Crippen LogP) is 4.04. The number of carbonyl (C=O) groups excluding carboxylic acids is 2. The number of benzene rings is 2. The van der Waals surface area contributed by atoms with Gasteiger partial charge in [0.1, 0.15) is 23.1 Å². The van der Waals surface area contributed by atoms with Crippen molar-refractivity contribution < 1.29 is 19.4 Å². The number of rotatable bonds is 6. The van der Waals surface area contributed by atoms with Crippen LogP contribution < -0.4 is 9.64 Å². The van der Waals surface area contributed by atoms with E-state index < -0.39 is 17.7 Å². The molecule has 1 atom stereocenters. The molecule has 1 aromatic heterocycles. The smallest absolute Gasteiger partial charge is 0.301 e. The van der Waals surface area contributed by atoms with E-state index >= 15 is 0 Å². The molecule has 4 rings (SSSR count). The Kier molecular flexibility index (Phi) is 5.64. The van der Waals surface area contributed by atoms with Gasteiger partial charge in [-0.1, -0.05) is 66.5 Å². The van der Waals surface area contributed by atoms with E-state index in [1.54, 1.807) is 67.6 Å². The second-order valence-corrected chi connectivity index (χ2v) is 7.97. The van der Waals surface area contributed by atoms with Crippen LogP contribution in [0.2, 0.25) is 0 Å². The molecule has 1 N–H and O–H groups in total. The highest BCUT2D eigenvalue weighted by Gasteiger charge is 2.48. The molecule has 1 saturated heterocycles. The van der Waals surface area contributed by atoms with Crippen molar-refractivity contribution in [3.05, 3.63) is 89.0 Å². The molecule has 7 nitrogen and oxygen atoms in total. The van der Waals surface area contributed by atoms with Crippen LogP contribution in [0.4, 0.5) is 5.13 Å². The van der Waals surface area contributed by atoms with Gasteiger partial charge in [0.05, 0.1) is 11.6 Å². The van der Waals surface area contributed by atoms with Gasteiger partial charge in [0.25, 0.3) is 5.78 Å². The number of hydrogen-bond acceptors (Lipinski definition) is 7. The molecule has 0 aliphatic carbocycles. The van der Waals surface area contributed by atoms with Gasteiger partial charge >= 0.3 is 5.91 Å². The van der Waals surface area contributed by atoms with Gasteiger partial charge in [-0.05, 0) is 24.6 Å². The molecule has 2 heterocycles. The third-order valence-electron chi connectivity index (χ3n) is 4.78. The molecular formula is C23H19N3O4S. The third-order valence-corrected chi connectivity index (χ3v) is 5.61. The number of aliphatic hydroxyl groups excluding tert-OH is 1. The van der Waals surface area contributed by atoms with Gasteiger partial charge in [0.15, 0.2) is 0 Å².